The summed E-state index contributed by atoms with van der Waals surface area (Å²) in [5.74, 6) is -0.385. The van der Waals surface area contributed by atoms with Crippen LogP contribution in [0.2, 0.25) is 0 Å². The van der Waals surface area contributed by atoms with E-state index < -0.39 is 15.9 Å². The van der Waals surface area contributed by atoms with Crippen LogP contribution in [0.15, 0.2) is 84.9 Å². The highest BCUT2D eigenvalue weighted by Gasteiger charge is 2.21. The zero-order valence-corrected chi connectivity index (χ0v) is 18.7. The second-order valence-corrected chi connectivity index (χ2v) is 9.74. The van der Waals surface area contributed by atoms with Gasteiger partial charge in [-0.15, -0.1) is 0 Å². The van der Waals surface area contributed by atoms with Crippen LogP contribution >= 0.6 is 0 Å². The summed E-state index contributed by atoms with van der Waals surface area (Å²) in [6.45, 7) is 0. The number of amides is 1. The number of fused-ring (bicyclic) bond motifs is 1. The molecule has 3 aromatic rings. The van der Waals surface area contributed by atoms with E-state index in [9.17, 15) is 13.2 Å². The van der Waals surface area contributed by atoms with Crippen molar-refractivity contribution in [2.24, 2.45) is 0 Å². The van der Waals surface area contributed by atoms with Crippen LogP contribution in [0, 0.1) is 0 Å². The summed E-state index contributed by atoms with van der Waals surface area (Å²) in [6, 6.07) is 27.1. The molecule has 162 valence electrons. The molecule has 3 aromatic carbocycles. The maximum atomic E-state index is 11.7. The van der Waals surface area contributed by atoms with Crippen molar-refractivity contribution in [3.05, 3.63) is 113 Å². The van der Waals surface area contributed by atoms with Crippen LogP contribution in [0.5, 0.6) is 0 Å². The van der Waals surface area contributed by atoms with Crippen LogP contribution in [0.4, 0.5) is 0 Å². The molecule has 1 aliphatic rings. The number of nitrogens with one attached hydrogen (secondary N) is 1. The Labute approximate surface area is 189 Å². The Hall–Kier alpha value is -3.44. The second kappa shape index (κ2) is 9.37. The van der Waals surface area contributed by atoms with Gasteiger partial charge in [0.1, 0.15) is 0 Å². The number of hydrogen-bond acceptors (Lipinski definition) is 3. The largest absolute Gasteiger partial charge is 0.269 e. The Morgan fingerprint density at radius 2 is 1.62 bits per heavy atom. The summed E-state index contributed by atoms with van der Waals surface area (Å²) in [4.78, 5) is 11.7. The Balaban J connectivity index is 1.57. The predicted molar refractivity (Wildman–Crippen MR) is 130 cm³/mol. The Bertz CT molecular complexity index is 1270. The van der Waals surface area contributed by atoms with E-state index >= 15 is 0 Å². The monoisotopic (exact) mass is 443 g/mol. The molecule has 1 atom stereocenters. The van der Waals surface area contributed by atoms with E-state index in [-0.39, 0.29) is 5.92 Å². The highest BCUT2D eigenvalue weighted by molar-refractivity contribution is 7.89. The summed E-state index contributed by atoms with van der Waals surface area (Å²) in [5.41, 5.74) is 7.22. The van der Waals surface area contributed by atoms with Gasteiger partial charge in [0.25, 0.3) is 5.91 Å². The Kier molecular flexibility index (Phi) is 6.37. The molecule has 0 bridgehead atoms. The smallest absolute Gasteiger partial charge is 0.257 e. The lowest BCUT2D eigenvalue weighted by atomic mass is 9.86. The Morgan fingerprint density at radius 3 is 2.34 bits per heavy atom. The lowest BCUT2D eigenvalue weighted by molar-refractivity contribution is -0.114. The molecular formula is C27H25NO3S. The topological polar surface area (TPSA) is 63.2 Å². The van der Waals surface area contributed by atoms with E-state index in [1.165, 1.54) is 33.9 Å². The summed E-state index contributed by atoms with van der Waals surface area (Å²) < 4.78 is 24.2. The zero-order chi connectivity index (χ0) is 22.6. The van der Waals surface area contributed by atoms with Crippen LogP contribution in [0.3, 0.4) is 0 Å². The number of carbonyl (C=O) groups is 1. The molecule has 32 heavy (non-hydrogen) atoms. The quantitative estimate of drug-likeness (QED) is 0.549. The van der Waals surface area contributed by atoms with Crippen LogP contribution < -0.4 is 4.72 Å². The van der Waals surface area contributed by atoms with Gasteiger partial charge in [-0.05, 0) is 52.3 Å². The number of rotatable bonds is 5. The molecule has 0 saturated carbocycles. The number of allylic oxidation sites excluding steroid dienone is 1. The van der Waals surface area contributed by atoms with Gasteiger partial charge in [-0.3, -0.25) is 4.79 Å². The lowest BCUT2D eigenvalue weighted by Gasteiger charge is -2.18. The third kappa shape index (κ3) is 5.42. The van der Waals surface area contributed by atoms with Crippen LogP contribution in [-0.2, 0) is 14.8 Å². The molecule has 0 aliphatic heterocycles. The fraction of sp³-hybridized carbons (Fsp3) is 0.148. The van der Waals surface area contributed by atoms with Crippen molar-refractivity contribution in [1.82, 2.24) is 4.72 Å². The van der Waals surface area contributed by atoms with Crippen molar-refractivity contribution in [2.75, 3.05) is 6.26 Å². The minimum absolute atomic E-state index is 0.273. The van der Waals surface area contributed by atoms with E-state index in [0.29, 0.717) is 0 Å². The van der Waals surface area contributed by atoms with Gasteiger partial charge in [-0.1, -0.05) is 84.9 Å². The van der Waals surface area contributed by atoms with E-state index in [4.69, 9.17) is 0 Å². The molecule has 1 aliphatic carbocycles. The molecule has 0 aromatic heterocycles. The van der Waals surface area contributed by atoms with Gasteiger partial charge in [0.2, 0.25) is 10.0 Å². The molecule has 0 heterocycles. The van der Waals surface area contributed by atoms with Gasteiger partial charge >= 0.3 is 0 Å². The molecule has 0 fully saturated rings. The molecule has 5 heteroatoms. The fourth-order valence-corrected chi connectivity index (χ4v) is 4.56. The van der Waals surface area contributed by atoms with E-state index in [0.717, 1.165) is 24.7 Å². The lowest BCUT2D eigenvalue weighted by Crippen LogP contribution is -2.27. The molecule has 1 amide bonds. The summed E-state index contributed by atoms with van der Waals surface area (Å²) in [6.07, 6.45) is 8.09. The number of carbonyl (C=O) groups excluding carboxylic acids is 1. The number of hydrogen-bond donors (Lipinski definition) is 1. The third-order valence-electron chi connectivity index (χ3n) is 5.60. The highest BCUT2D eigenvalue weighted by Crippen LogP contribution is 2.39. The summed E-state index contributed by atoms with van der Waals surface area (Å²) in [7, 11) is -3.56. The first kappa shape index (κ1) is 21.8. The van der Waals surface area contributed by atoms with Gasteiger partial charge in [-0.2, -0.15) is 0 Å². The van der Waals surface area contributed by atoms with Crippen molar-refractivity contribution >= 4 is 33.7 Å². The average Bonchev–Trinajstić information content (AvgIpc) is 2.97. The standard InChI is InChI=1S/C27H25NO3S/c1-32(30,31)28-27(29)18-13-20-11-14-22(15-12-20)26-17-16-23(21-7-3-2-4-8-21)19-24-9-5-6-10-25(24)26/h2-15,18-19,26H,16-17H2,1H3,(H,28,29). The maximum absolute atomic E-state index is 11.7. The minimum Gasteiger partial charge on any atom is -0.269 e. The van der Waals surface area contributed by atoms with Gasteiger partial charge in [0, 0.05) is 12.0 Å². The highest BCUT2D eigenvalue weighted by atomic mass is 32.2. The van der Waals surface area contributed by atoms with Gasteiger partial charge in [0.15, 0.2) is 0 Å². The molecule has 0 saturated heterocycles. The maximum Gasteiger partial charge on any atom is 0.257 e. The van der Waals surface area contributed by atoms with Crippen molar-refractivity contribution in [3.63, 3.8) is 0 Å². The van der Waals surface area contributed by atoms with Gasteiger partial charge in [0.05, 0.1) is 6.26 Å². The molecule has 1 N–H and O–H groups in total. The van der Waals surface area contributed by atoms with Crippen LogP contribution in [-0.4, -0.2) is 20.6 Å². The molecule has 0 radical (unpaired) electrons. The molecule has 4 nitrogen and oxygen atoms in total. The van der Waals surface area contributed by atoms with Gasteiger partial charge < -0.3 is 0 Å². The van der Waals surface area contributed by atoms with Crippen LogP contribution in [0.1, 0.15) is 46.6 Å². The minimum atomic E-state index is -3.56. The summed E-state index contributed by atoms with van der Waals surface area (Å²) >= 11 is 0. The third-order valence-corrected chi connectivity index (χ3v) is 6.17. The SMILES string of the molecule is CS(=O)(=O)NC(=O)C=Cc1ccc(C2CCC(c3ccccc3)=Cc3ccccc32)cc1. The fourth-order valence-electron chi connectivity index (χ4n) is 4.13. The van der Waals surface area contributed by atoms with Crippen molar-refractivity contribution in [3.8, 4) is 0 Å². The van der Waals surface area contributed by atoms with Gasteiger partial charge in [-0.25, -0.2) is 13.1 Å². The van der Waals surface area contributed by atoms with Crippen LogP contribution in [0.25, 0.3) is 17.7 Å². The normalized spacial score (nSPS) is 16.2. The number of sulfonamides is 1. The average molecular weight is 444 g/mol. The van der Waals surface area contributed by atoms with E-state index in [1.807, 2.05) is 22.9 Å². The first-order chi connectivity index (χ1) is 15.4. The number of benzene rings is 3. The van der Waals surface area contributed by atoms with Crippen molar-refractivity contribution < 1.29 is 13.2 Å². The zero-order valence-electron chi connectivity index (χ0n) is 17.9. The molecule has 1 unspecified atom stereocenters. The second-order valence-electron chi connectivity index (χ2n) is 7.99. The van der Waals surface area contributed by atoms with E-state index in [2.05, 4.69) is 66.7 Å². The predicted octanol–water partition coefficient (Wildman–Crippen LogP) is 5.24. The molecule has 0 spiro atoms. The first-order valence-corrected chi connectivity index (χ1v) is 12.4. The van der Waals surface area contributed by atoms with Crippen molar-refractivity contribution in [1.29, 1.82) is 0 Å². The summed E-state index contributed by atoms with van der Waals surface area (Å²) in [5, 5.41) is 0. The Morgan fingerprint density at radius 1 is 0.938 bits per heavy atom. The molecule has 4 rings (SSSR count). The molecular weight excluding hydrogens is 418 g/mol. The van der Waals surface area contributed by atoms with E-state index in [1.54, 1.807) is 6.08 Å². The first-order valence-electron chi connectivity index (χ1n) is 10.5. The van der Waals surface area contributed by atoms with Crippen molar-refractivity contribution in [2.45, 2.75) is 18.8 Å².